The Bertz CT molecular complexity index is 640. The summed E-state index contributed by atoms with van der Waals surface area (Å²) in [5.41, 5.74) is 3.85. The van der Waals surface area contributed by atoms with Crippen LogP contribution in [0.15, 0.2) is 48.5 Å². The van der Waals surface area contributed by atoms with Gasteiger partial charge >= 0.3 is 0 Å². The Morgan fingerprint density at radius 3 is 2.58 bits per heavy atom. The predicted octanol–water partition coefficient (Wildman–Crippen LogP) is 3.99. The monoisotopic (exact) mass is 343 g/mol. The van der Waals surface area contributed by atoms with Crippen LogP contribution in [0.4, 0.5) is 0 Å². The Morgan fingerprint density at radius 2 is 1.88 bits per heavy atom. The van der Waals surface area contributed by atoms with Gasteiger partial charge in [0, 0.05) is 5.75 Å². The van der Waals surface area contributed by atoms with E-state index in [0.29, 0.717) is 18.9 Å². The highest BCUT2D eigenvalue weighted by molar-refractivity contribution is 7.99. The van der Waals surface area contributed by atoms with E-state index < -0.39 is 0 Å². The second kappa shape index (κ2) is 10.0. The van der Waals surface area contributed by atoms with Gasteiger partial charge in [0.05, 0.1) is 12.3 Å². The van der Waals surface area contributed by atoms with E-state index in [1.54, 1.807) is 11.8 Å². The molecule has 128 valence electrons. The zero-order chi connectivity index (χ0) is 17.2. The van der Waals surface area contributed by atoms with Crippen LogP contribution in [0.3, 0.4) is 0 Å². The van der Waals surface area contributed by atoms with Crippen molar-refractivity contribution >= 4 is 17.7 Å². The molecule has 2 rings (SSSR count). The summed E-state index contributed by atoms with van der Waals surface area (Å²) in [6, 6.07) is 16.3. The van der Waals surface area contributed by atoms with Crippen molar-refractivity contribution in [3.8, 4) is 5.75 Å². The van der Waals surface area contributed by atoms with Gasteiger partial charge in [0.2, 0.25) is 5.91 Å². The Balaban J connectivity index is 1.58. The molecule has 0 fully saturated rings. The number of aryl methyl sites for hydroxylation is 2. The van der Waals surface area contributed by atoms with Crippen LogP contribution in [0.1, 0.15) is 23.6 Å². The standard InChI is InChI=1S/C20H25NO2S/c1-3-17-8-10-19(11-9-17)23-13-12-21-20(22)15-24-14-18-7-5-4-6-16(18)2/h4-11H,3,12-15H2,1-2H3,(H,21,22). The quantitative estimate of drug-likeness (QED) is 0.700. The average Bonchev–Trinajstić information content (AvgIpc) is 2.61. The summed E-state index contributed by atoms with van der Waals surface area (Å²) in [5.74, 6) is 2.23. The predicted molar refractivity (Wildman–Crippen MR) is 102 cm³/mol. The van der Waals surface area contributed by atoms with E-state index in [2.05, 4.69) is 43.4 Å². The number of ether oxygens (including phenoxy) is 1. The van der Waals surface area contributed by atoms with Gasteiger partial charge in [-0.25, -0.2) is 0 Å². The molecule has 1 amide bonds. The van der Waals surface area contributed by atoms with Crippen LogP contribution >= 0.6 is 11.8 Å². The molecular weight excluding hydrogens is 318 g/mol. The van der Waals surface area contributed by atoms with Gasteiger partial charge < -0.3 is 10.1 Å². The number of hydrogen-bond acceptors (Lipinski definition) is 3. The third-order valence-electron chi connectivity index (χ3n) is 3.78. The van der Waals surface area contributed by atoms with Crippen molar-refractivity contribution < 1.29 is 9.53 Å². The lowest BCUT2D eigenvalue weighted by Crippen LogP contribution is -2.29. The first-order valence-electron chi connectivity index (χ1n) is 8.29. The summed E-state index contributed by atoms with van der Waals surface area (Å²) in [7, 11) is 0. The van der Waals surface area contributed by atoms with Crippen molar-refractivity contribution in [3.05, 3.63) is 65.2 Å². The Labute approximate surface area is 148 Å². The molecule has 0 unspecified atom stereocenters. The van der Waals surface area contributed by atoms with Crippen molar-refractivity contribution in [1.29, 1.82) is 0 Å². The molecule has 4 heteroatoms. The molecule has 0 heterocycles. The molecule has 24 heavy (non-hydrogen) atoms. The Kier molecular flexibility index (Phi) is 7.69. The van der Waals surface area contributed by atoms with Crippen molar-refractivity contribution in [2.24, 2.45) is 0 Å². The molecular formula is C20H25NO2S. The number of amides is 1. The van der Waals surface area contributed by atoms with Gasteiger partial charge in [-0.1, -0.05) is 43.3 Å². The third kappa shape index (κ3) is 6.28. The first kappa shape index (κ1) is 18.4. The molecule has 0 atom stereocenters. The molecule has 0 saturated heterocycles. The van der Waals surface area contributed by atoms with Crippen LogP contribution in [0.5, 0.6) is 5.75 Å². The number of thioether (sulfide) groups is 1. The van der Waals surface area contributed by atoms with E-state index in [-0.39, 0.29) is 5.91 Å². The third-order valence-corrected chi connectivity index (χ3v) is 4.76. The van der Waals surface area contributed by atoms with Crippen LogP contribution < -0.4 is 10.1 Å². The second-order valence-corrected chi connectivity index (χ2v) is 6.60. The van der Waals surface area contributed by atoms with Gasteiger partial charge in [0.15, 0.2) is 0 Å². The molecule has 2 aromatic carbocycles. The highest BCUT2D eigenvalue weighted by Crippen LogP contribution is 2.15. The first-order valence-corrected chi connectivity index (χ1v) is 9.45. The minimum Gasteiger partial charge on any atom is -0.492 e. The van der Waals surface area contributed by atoms with Gasteiger partial charge in [-0.15, -0.1) is 11.8 Å². The van der Waals surface area contributed by atoms with Crippen LogP contribution in [0.25, 0.3) is 0 Å². The molecule has 0 bridgehead atoms. The number of carbonyl (C=O) groups excluding carboxylic acids is 1. The first-order chi connectivity index (χ1) is 11.7. The molecule has 2 aromatic rings. The van der Waals surface area contributed by atoms with Crippen LogP contribution in [0.2, 0.25) is 0 Å². The van der Waals surface area contributed by atoms with Crippen molar-refractivity contribution in [3.63, 3.8) is 0 Å². The largest absolute Gasteiger partial charge is 0.492 e. The molecule has 0 saturated carbocycles. The summed E-state index contributed by atoms with van der Waals surface area (Å²) in [6.07, 6.45) is 1.02. The fourth-order valence-corrected chi connectivity index (χ4v) is 3.19. The lowest BCUT2D eigenvalue weighted by molar-refractivity contribution is -0.118. The molecule has 0 spiro atoms. The lowest BCUT2D eigenvalue weighted by Gasteiger charge is -2.09. The van der Waals surface area contributed by atoms with Gasteiger partial charge in [0.25, 0.3) is 0 Å². The zero-order valence-electron chi connectivity index (χ0n) is 14.4. The van der Waals surface area contributed by atoms with E-state index in [0.717, 1.165) is 17.9 Å². The van der Waals surface area contributed by atoms with Crippen LogP contribution in [0, 0.1) is 6.92 Å². The van der Waals surface area contributed by atoms with E-state index in [9.17, 15) is 4.79 Å². The number of benzene rings is 2. The normalized spacial score (nSPS) is 10.4. The van der Waals surface area contributed by atoms with Gasteiger partial charge in [-0.05, 0) is 42.2 Å². The Morgan fingerprint density at radius 1 is 1.12 bits per heavy atom. The van der Waals surface area contributed by atoms with Gasteiger partial charge in [0.1, 0.15) is 12.4 Å². The van der Waals surface area contributed by atoms with E-state index in [4.69, 9.17) is 4.74 Å². The Hall–Kier alpha value is -1.94. The summed E-state index contributed by atoms with van der Waals surface area (Å²) in [4.78, 5) is 11.8. The number of hydrogen-bond donors (Lipinski definition) is 1. The zero-order valence-corrected chi connectivity index (χ0v) is 15.2. The van der Waals surface area contributed by atoms with E-state index >= 15 is 0 Å². The second-order valence-electron chi connectivity index (χ2n) is 5.62. The maximum Gasteiger partial charge on any atom is 0.230 e. The minimum atomic E-state index is 0.0542. The summed E-state index contributed by atoms with van der Waals surface area (Å²) in [6.45, 7) is 5.24. The summed E-state index contributed by atoms with van der Waals surface area (Å²) in [5, 5.41) is 2.89. The average molecular weight is 343 g/mol. The number of rotatable bonds is 9. The smallest absolute Gasteiger partial charge is 0.230 e. The maximum atomic E-state index is 11.8. The molecule has 3 nitrogen and oxygen atoms in total. The maximum absolute atomic E-state index is 11.8. The molecule has 0 radical (unpaired) electrons. The van der Waals surface area contributed by atoms with Crippen molar-refractivity contribution in [2.75, 3.05) is 18.9 Å². The fraction of sp³-hybridized carbons (Fsp3) is 0.350. The lowest BCUT2D eigenvalue weighted by atomic mass is 10.1. The number of carbonyl (C=O) groups is 1. The fourth-order valence-electron chi connectivity index (χ4n) is 2.26. The van der Waals surface area contributed by atoms with Gasteiger partial charge in [-0.3, -0.25) is 4.79 Å². The topological polar surface area (TPSA) is 38.3 Å². The molecule has 0 aromatic heterocycles. The van der Waals surface area contributed by atoms with Crippen LogP contribution in [-0.4, -0.2) is 24.8 Å². The minimum absolute atomic E-state index is 0.0542. The molecule has 1 N–H and O–H groups in total. The summed E-state index contributed by atoms with van der Waals surface area (Å²) < 4.78 is 5.62. The highest BCUT2D eigenvalue weighted by Gasteiger charge is 2.03. The molecule has 0 aliphatic carbocycles. The van der Waals surface area contributed by atoms with Gasteiger partial charge in [-0.2, -0.15) is 0 Å². The molecule has 0 aliphatic heterocycles. The molecule has 0 aliphatic rings. The highest BCUT2D eigenvalue weighted by atomic mass is 32.2. The number of nitrogens with one attached hydrogen (secondary N) is 1. The van der Waals surface area contributed by atoms with Crippen LogP contribution in [-0.2, 0) is 17.0 Å². The SMILES string of the molecule is CCc1ccc(OCCNC(=O)CSCc2ccccc2C)cc1. The summed E-state index contributed by atoms with van der Waals surface area (Å²) >= 11 is 1.63. The van der Waals surface area contributed by atoms with Crippen molar-refractivity contribution in [1.82, 2.24) is 5.32 Å². The van der Waals surface area contributed by atoms with E-state index in [1.165, 1.54) is 16.7 Å². The van der Waals surface area contributed by atoms with Crippen molar-refractivity contribution in [2.45, 2.75) is 26.0 Å². The van der Waals surface area contributed by atoms with E-state index in [1.807, 2.05) is 24.3 Å².